The fourth-order valence-corrected chi connectivity index (χ4v) is 3.05. The van der Waals surface area contributed by atoms with Crippen LogP contribution >= 0.6 is 11.8 Å². The highest BCUT2D eigenvalue weighted by Gasteiger charge is 2.19. The summed E-state index contributed by atoms with van der Waals surface area (Å²) in [5, 5.41) is 13.8. The van der Waals surface area contributed by atoms with E-state index in [9.17, 15) is 10.1 Å². The van der Waals surface area contributed by atoms with E-state index in [1.54, 1.807) is 0 Å². The quantitative estimate of drug-likeness (QED) is 0.630. The summed E-state index contributed by atoms with van der Waals surface area (Å²) >= 11 is 1.95. The van der Waals surface area contributed by atoms with E-state index >= 15 is 0 Å². The van der Waals surface area contributed by atoms with Gasteiger partial charge in [0, 0.05) is 6.54 Å². The van der Waals surface area contributed by atoms with Gasteiger partial charge in [0.15, 0.2) is 0 Å². The Bertz CT molecular complexity index is 436. The van der Waals surface area contributed by atoms with Gasteiger partial charge in [-0.1, -0.05) is 0 Å². The molecule has 8 heteroatoms. The van der Waals surface area contributed by atoms with Crippen LogP contribution in [0.25, 0.3) is 0 Å². The van der Waals surface area contributed by atoms with Gasteiger partial charge in [0.2, 0.25) is 11.8 Å². The second kappa shape index (κ2) is 5.85. The monoisotopic (exact) mass is 269 g/mol. The molecule has 0 saturated carbocycles. The van der Waals surface area contributed by atoms with Gasteiger partial charge in [-0.15, -0.1) is 0 Å². The van der Waals surface area contributed by atoms with Gasteiger partial charge in [0.05, 0.1) is 4.92 Å². The number of aromatic nitrogens is 2. The molecule has 1 aromatic heterocycles. The molecule has 0 aliphatic carbocycles. The lowest BCUT2D eigenvalue weighted by atomic mass is 10.0. The molecule has 7 nitrogen and oxygen atoms in total. The number of hydrogen-bond donors (Lipinski definition) is 2. The summed E-state index contributed by atoms with van der Waals surface area (Å²) in [5.74, 6) is 3.11. The smallest absolute Gasteiger partial charge is 0.329 e. The van der Waals surface area contributed by atoms with Crippen molar-refractivity contribution < 1.29 is 4.92 Å². The summed E-state index contributed by atoms with van der Waals surface area (Å²) in [4.78, 5) is 17.8. The van der Waals surface area contributed by atoms with E-state index in [-0.39, 0.29) is 17.5 Å². The van der Waals surface area contributed by atoms with E-state index < -0.39 is 4.92 Å². The van der Waals surface area contributed by atoms with Crippen molar-refractivity contribution in [1.29, 1.82) is 0 Å². The van der Waals surface area contributed by atoms with Crippen LogP contribution < -0.4 is 11.1 Å². The lowest BCUT2D eigenvalue weighted by molar-refractivity contribution is -0.384. The molecule has 3 N–H and O–H groups in total. The molecule has 2 heterocycles. The predicted octanol–water partition coefficient (Wildman–Crippen LogP) is 1.52. The van der Waals surface area contributed by atoms with Crippen LogP contribution in [0.1, 0.15) is 12.8 Å². The molecule has 1 saturated heterocycles. The summed E-state index contributed by atoms with van der Waals surface area (Å²) in [6, 6.07) is 0. The molecule has 0 aromatic carbocycles. The number of nitrogens with zero attached hydrogens (tertiary/aromatic N) is 3. The van der Waals surface area contributed by atoms with E-state index in [1.807, 2.05) is 11.8 Å². The highest BCUT2D eigenvalue weighted by atomic mass is 32.2. The second-order valence-electron chi connectivity index (χ2n) is 4.16. The molecule has 0 bridgehead atoms. The maximum absolute atomic E-state index is 10.8. The van der Waals surface area contributed by atoms with E-state index in [2.05, 4.69) is 15.3 Å². The zero-order valence-corrected chi connectivity index (χ0v) is 10.7. The number of nitrogens with one attached hydrogen (secondary N) is 1. The zero-order valence-electron chi connectivity index (χ0n) is 9.83. The number of nitro groups is 1. The Balaban J connectivity index is 2.03. The number of hydrogen-bond acceptors (Lipinski definition) is 7. The molecule has 1 aromatic rings. The van der Waals surface area contributed by atoms with Crippen molar-refractivity contribution in [3.05, 3.63) is 16.3 Å². The van der Waals surface area contributed by atoms with Gasteiger partial charge >= 0.3 is 5.69 Å². The third kappa shape index (κ3) is 3.22. The first-order valence-electron chi connectivity index (χ1n) is 5.75. The minimum absolute atomic E-state index is 0.0438. The zero-order chi connectivity index (χ0) is 13.0. The average molecular weight is 269 g/mol. The van der Waals surface area contributed by atoms with Crippen molar-refractivity contribution in [2.45, 2.75) is 12.8 Å². The van der Waals surface area contributed by atoms with Gasteiger partial charge in [-0.2, -0.15) is 16.7 Å². The summed E-state index contributed by atoms with van der Waals surface area (Å²) < 4.78 is 0. The summed E-state index contributed by atoms with van der Waals surface area (Å²) in [7, 11) is 0. The van der Waals surface area contributed by atoms with Crippen molar-refractivity contribution in [3.63, 3.8) is 0 Å². The molecular formula is C10H15N5O2S. The minimum Gasteiger partial charge on any atom is -0.368 e. The van der Waals surface area contributed by atoms with Crippen LogP contribution in [-0.2, 0) is 0 Å². The number of nitrogen functional groups attached to an aromatic ring is 1. The van der Waals surface area contributed by atoms with Crippen molar-refractivity contribution in [1.82, 2.24) is 9.97 Å². The van der Waals surface area contributed by atoms with Crippen LogP contribution in [0.2, 0.25) is 0 Å². The summed E-state index contributed by atoms with van der Waals surface area (Å²) in [6.45, 7) is 0.692. The molecule has 1 fully saturated rings. The van der Waals surface area contributed by atoms with Gasteiger partial charge in [0.1, 0.15) is 6.20 Å². The first kappa shape index (κ1) is 12.9. The van der Waals surface area contributed by atoms with Crippen LogP contribution in [0.3, 0.4) is 0 Å². The van der Waals surface area contributed by atoms with Crippen LogP contribution in [0.15, 0.2) is 6.20 Å². The standard InChI is InChI=1S/C10H15N5O2S/c11-10-13-6-8(15(16)17)9(14-10)12-5-7-1-3-18-4-2-7/h6-7H,1-5H2,(H3,11,12,13,14). The fraction of sp³-hybridized carbons (Fsp3) is 0.600. The molecule has 0 radical (unpaired) electrons. The van der Waals surface area contributed by atoms with Gasteiger partial charge < -0.3 is 11.1 Å². The van der Waals surface area contributed by atoms with Crippen molar-refractivity contribution in [2.24, 2.45) is 5.92 Å². The molecule has 0 spiro atoms. The molecule has 98 valence electrons. The van der Waals surface area contributed by atoms with Crippen LogP contribution in [0, 0.1) is 16.0 Å². The summed E-state index contributed by atoms with van der Waals surface area (Å²) in [5.41, 5.74) is 5.32. The molecule has 0 unspecified atom stereocenters. The maximum atomic E-state index is 10.8. The molecule has 1 aliphatic rings. The third-order valence-electron chi connectivity index (χ3n) is 2.88. The molecule has 0 atom stereocenters. The minimum atomic E-state index is -0.501. The predicted molar refractivity (Wildman–Crippen MR) is 71.6 cm³/mol. The first-order valence-corrected chi connectivity index (χ1v) is 6.91. The molecule has 1 aliphatic heterocycles. The number of rotatable bonds is 4. The lowest BCUT2D eigenvalue weighted by Crippen LogP contribution is -2.20. The topological polar surface area (TPSA) is 107 Å². The highest BCUT2D eigenvalue weighted by Crippen LogP contribution is 2.25. The van der Waals surface area contributed by atoms with E-state index in [1.165, 1.54) is 0 Å². The van der Waals surface area contributed by atoms with Gasteiger partial charge in [-0.05, 0) is 30.3 Å². The van der Waals surface area contributed by atoms with Crippen LogP contribution in [-0.4, -0.2) is 32.9 Å². The molecule has 2 rings (SSSR count). The summed E-state index contributed by atoms with van der Waals surface area (Å²) in [6.07, 6.45) is 3.40. The second-order valence-corrected chi connectivity index (χ2v) is 5.38. The lowest BCUT2D eigenvalue weighted by Gasteiger charge is -2.21. The Kier molecular flexibility index (Phi) is 4.19. The average Bonchev–Trinajstić information content (AvgIpc) is 2.37. The Morgan fingerprint density at radius 1 is 1.56 bits per heavy atom. The number of anilines is 2. The van der Waals surface area contributed by atoms with Crippen molar-refractivity contribution >= 4 is 29.2 Å². The Labute approximate surface area is 109 Å². The largest absolute Gasteiger partial charge is 0.368 e. The SMILES string of the molecule is Nc1ncc([N+](=O)[O-])c(NCC2CCSCC2)n1. The van der Waals surface area contributed by atoms with E-state index in [0.29, 0.717) is 12.5 Å². The number of thioether (sulfide) groups is 1. The molecular weight excluding hydrogens is 254 g/mol. The maximum Gasteiger partial charge on any atom is 0.329 e. The van der Waals surface area contributed by atoms with Crippen LogP contribution in [0.4, 0.5) is 17.5 Å². The van der Waals surface area contributed by atoms with Gasteiger partial charge in [-0.3, -0.25) is 10.1 Å². The first-order chi connectivity index (χ1) is 8.66. The van der Waals surface area contributed by atoms with E-state index in [4.69, 9.17) is 5.73 Å². The Morgan fingerprint density at radius 2 is 2.28 bits per heavy atom. The normalized spacial score (nSPS) is 16.4. The van der Waals surface area contributed by atoms with Gasteiger partial charge in [-0.25, -0.2) is 4.98 Å². The number of nitrogens with two attached hydrogens (primary N) is 1. The van der Waals surface area contributed by atoms with Crippen molar-refractivity contribution in [3.8, 4) is 0 Å². The Hall–Kier alpha value is -1.57. The Morgan fingerprint density at radius 3 is 2.94 bits per heavy atom. The highest BCUT2D eigenvalue weighted by molar-refractivity contribution is 7.99. The van der Waals surface area contributed by atoms with E-state index in [0.717, 1.165) is 30.5 Å². The third-order valence-corrected chi connectivity index (χ3v) is 3.93. The van der Waals surface area contributed by atoms with Crippen molar-refractivity contribution in [2.75, 3.05) is 29.1 Å². The molecule has 18 heavy (non-hydrogen) atoms. The van der Waals surface area contributed by atoms with Gasteiger partial charge in [0.25, 0.3) is 0 Å². The van der Waals surface area contributed by atoms with Crippen LogP contribution in [0.5, 0.6) is 0 Å². The molecule has 0 amide bonds. The fourth-order valence-electron chi connectivity index (χ4n) is 1.84.